The highest BCUT2D eigenvalue weighted by atomic mass is 19.4. The summed E-state index contributed by atoms with van der Waals surface area (Å²) in [5, 5.41) is 8.98. The molecule has 11 heteroatoms. The van der Waals surface area contributed by atoms with E-state index < -0.39 is 36.0 Å². The number of anilines is 1. The number of ether oxygens (including phenoxy) is 1. The molecule has 0 aliphatic carbocycles. The number of nitrogen functional groups attached to an aromatic ring is 1. The molecule has 1 aromatic heterocycles. The molecule has 7 nitrogen and oxygen atoms in total. The van der Waals surface area contributed by atoms with Gasteiger partial charge in [0.2, 0.25) is 17.9 Å². The van der Waals surface area contributed by atoms with Gasteiger partial charge in [0.05, 0.1) is 5.69 Å². The molecule has 4 rings (SSSR count). The average molecular weight is 526 g/mol. The van der Waals surface area contributed by atoms with Crippen molar-refractivity contribution in [2.45, 2.75) is 24.7 Å². The van der Waals surface area contributed by atoms with E-state index >= 15 is 0 Å². The molecule has 0 amide bonds. The number of alkyl halides is 3. The summed E-state index contributed by atoms with van der Waals surface area (Å²) in [5.74, 6) is -2.36. The predicted octanol–water partition coefficient (Wildman–Crippen LogP) is 5.17. The number of nitrogens with two attached hydrogens (primary N) is 2. The van der Waals surface area contributed by atoms with Crippen molar-refractivity contribution in [2.75, 3.05) is 5.73 Å². The van der Waals surface area contributed by atoms with Crippen LogP contribution < -0.4 is 16.2 Å². The Bertz CT molecular complexity index is 1430. The molecule has 0 saturated heterocycles. The van der Waals surface area contributed by atoms with Crippen molar-refractivity contribution in [3.63, 3.8) is 0 Å². The first-order valence-electron chi connectivity index (χ1n) is 11.3. The highest BCUT2D eigenvalue weighted by Crippen LogP contribution is 2.41. The summed E-state index contributed by atoms with van der Waals surface area (Å²) in [4.78, 5) is 18.9. The normalized spacial score (nSPS) is 13.1. The Labute approximate surface area is 214 Å². The van der Waals surface area contributed by atoms with Gasteiger partial charge in [-0.05, 0) is 35.2 Å². The first-order chi connectivity index (χ1) is 18.0. The molecule has 38 heavy (non-hydrogen) atoms. The summed E-state index contributed by atoms with van der Waals surface area (Å²) in [6.45, 7) is 0. The molecule has 5 N–H and O–H groups in total. The van der Waals surface area contributed by atoms with Crippen LogP contribution in [0, 0.1) is 5.82 Å². The Morgan fingerprint density at radius 3 is 2.21 bits per heavy atom. The summed E-state index contributed by atoms with van der Waals surface area (Å²) in [6, 6.07) is 17.5. The van der Waals surface area contributed by atoms with Gasteiger partial charge in [-0.2, -0.15) is 18.2 Å². The SMILES string of the molecule is Nc1nc(OC(c2ccccc2-c2ccc(F)cc2)C(F)(F)F)cc(-c2ccc(C[C@H](N)C(=O)O)cc2)n1. The van der Waals surface area contributed by atoms with Crippen molar-refractivity contribution in [3.8, 4) is 28.3 Å². The quantitative estimate of drug-likeness (QED) is 0.271. The van der Waals surface area contributed by atoms with Crippen molar-refractivity contribution in [1.82, 2.24) is 9.97 Å². The summed E-state index contributed by atoms with van der Waals surface area (Å²) in [7, 11) is 0. The van der Waals surface area contributed by atoms with Gasteiger partial charge in [0, 0.05) is 17.2 Å². The Morgan fingerprint density at radius 2 is 1.58 bits per heavy atom. The zero-order valence-electron chi connectivity index (χ0n) is 19.7. The van der Waals surface area contributed by atoms with Gasteiger partial charge >= 0.3 is 12.1 Å². The fraction of sp³-hybridized carbons (Fsp3) is 0.148. The van der Waals surface area contributed by atoms with Gasteiger partial charge in [-0.1, -0.05) is 60.7 Å². The molecule has 0 spiro atoms. The zero-order chi connectivity index (χ0) is 27.4. The van der Waals surface area contributed by atoms with Crippen LogP contribution in [-0.4, -0.2) is 33.3 Å². The van der Waals surface area contributed by atoms with Crippen LogP contribution in [0.2, 0.25) is 0 Å². The largest absolute Gasteiger partial charge is 0.480 e. The van der Waals surface area contributed by atoms with Gasteiger partial charge in [0.25, 0.3) is 0 Å². The number of benzene rings is 3. The lowest BCUT2D eigenvalue weighted by Gasteiger charge is -2.24. The second kappa shape index (κ2) is 10.9. The number of aromatic nitrogens is 2. The Kier molecular flexibility index (Phi) is 7.58. The van der Waals surface area contributed by atoms with E-state index in [-0.39, 0.29) is 29.2 Å². The molecule has 4 aromatic rings. The van der Waals surface area contributed by atoms with Crippen LogP contribution in [0.1, 0.15) is 17.2 Å². The fourth-order valence-corrected chi connectivity index (χ4v) is 3.85. The van der Waals surface area contributed by atoms with Gasteiger partial charge < -0.3 is 21.3 Å². The fourth-order valence-electron chi connectivity index (χ4n) is 3.85. The van der Waals surface area contributed by atoms with Crippen molar-refractivity contribution in [2.24, 2.45) is 5.73 Å². The Balaban J connectivity index is 1.67. The lowest BCUT2D eigenvalue weighted by atomic mass is 9.96. The van der Waals surface area contributed by atoms with E-state index in [0.717, 1.165) is 12.1 Å². The molecule has 0 aliphatic heterocycles. The molecule has 0 aliphatic rings. The van der Waals surface area contributed by atoms with Crippen LogP contribution in [0.25, 0.3) is 22.4 Å². The number of carbonyl (C=O) groups is 1. The molecule has 0 fully saturated rings. The van der Waals surface area contributed by atoms with Gasteiger partial charge in [-0.25, -0.2) is 9.37 Å². The van der Waals surface area contributed by atoms with Gasteiger partial charge in [0.1, 0.15) is 11.9 Å². The van der Waals surface area contributed by atoms with E-state index in [0.29, 0.717) is 16.7 Å². The monoisotopic (exact) mass is 526 g/mol. The van der Waals surface area contributed by atoms with Gasteiger partial charge in [0.15, 0.2) is 0 Å². The van der Waals surface area contributed by atoms with Crippen molar-refractivity contribution >= 4 is 11.9 Å². The molecular formula is C27H22F4N4O3. The maximum atomic E-state index is 14.3. The molecule has 0 saturated carbocycles. The van der Waals surface area contributed by atoms with Crippen LogP contribution >= 0.6 is 0 Å². The zero-order valence-corrected chi connectivity index (χ0v) is 19.7. The van der Waals surface area contributed by atoms with E-state index in [9.17, 15) is 22.4 Å². The summed E-state index contributed by atoms with van der Waals surface area (Å²) in [5.41, 5.74) is 13.1. The van der Waals surface area contributed by atoms with Crippen molar-refractivity contribution in [1.29, 1.82) is 0 Å². The van der Waals surface area contributed by atoms with E-state index in [4.69, 9.17) is 21.3 Å². The second-order valence-corrected chi connectivity index (χ2v) is 8.43. The first-order valence-corrected chi connectivity index (χ1v) is 11.3. The number of aliphatic carboxylic acids is 1. The highest BCUT2D eigenvalue weighted by Gasteiger charge is 2.44. The smallest absolute Gasteiger partial charge is 0.429 e. The molecule has 0 bridgehead atoms. The number of rotatable bonds is 8. The van der Waals surface area contributed by atoms with Crippen LogP contribution in [-0.2, 0) is 11.2 Å². The maximum Gasteiger partial charge on any atom is 0.429 e. The van der Waals surface area contributed by atoms with Gasteiger partial charge in [-0.3, -0.25) is 4.79 Å². The van der Waals surface area contributed by atoms with E-state index in [1.165, 1.54) is 36.4 Å². The molecule has 1 heterocycles. The van der Waals surface area contributed by atoms with Crippen molar-refractivity contribution < 1.29 is 32.2 Å². The number of hydrogen-bond acceptors (Lipinski definition) is 6. The summed E-state index contributed by atoms with van der Waals surface area (Å²) >= 11 is 0. The third kappa shape index (κ3) is 6.24. The topological polar surface area (TPSA) is 124 Å². The van der Waals surface area contributed by atoms with E-state index in [2.05, 4.69) is 9.97 Å². The molecule has 3 aromatic carbocycles. The Morgan fingerprint density at radius 1 is 0.947 bits per heavy atom. The molecular weight excluding hydrogens is 504 g/mol. The summed E-state index contributed by atoms with van der Waals surface area (Å²) < 4.78 is 61.6. The first kappa shape index (κ1) is 26.6. The lowest BCUT2D eigenvalue weighted by molar-refractivity contribution is -0.198. The number of nitrogens with zero attached hydrogens (tertiary/aromatic N) is 2. The predicted molar refractivity (Wildman–Crippen MR) is 132 cm³/mol. The molecule has 2 atom stereocenters. The average Bonchev–Trinajstić information content (AvgIpc) is 2.87. The number of halogens is 4. The number of carboxylic acids is 1. The van der Waals surface area contributed by atoms with Gasteiger partial charge in [-0.15, -0.1) is 0 Å². The van der Waals surface area contributed by atoms with Crippen LogP contribution in [0.5, 0.6) is 5.88 Å². The molecule has 196 valence electrons. The minimum absolute atomic E-state index is 0.0939. The minimum Gasteiger partial charge on any atom is -0.480 e. The number of hydrogen-bond donors (Lipinski definition) is 3. The van der Waals surface area contributed by atoms with E-state index in [1.54, 1.807) is 30.3 Å². The van der Waals surface area contributed by atoms with Crippen LogP contribution in [0.15, 0.2) is 78.9 Å². The third-order valence-corrected chi connectivity index (χ3v) is 5.68. The summed E-state index contributed by atoms with van der Waals surface area (Å²) in [6.07, 6.45) is -7.15. The van der Waals surface area contributed by atoms with Crippen molar-refractivity contribution in [3.05, 3.63) is 95.8 Å². The third-order valence-electron chi connectivity index (χ3n) is 5.68. The maximum absolute atomic E-state index is 14.3. The standard InChI is InChI=1S/C27H22F4N4O3/c28-18-11-9-16(10-12-18)19-3-1-2-4-20(19)24(27(29,30)31)38-23-14-22(34-26(33)35-23)17-7-5-15(6-8-17)13-21(32)25(36)37/h1-12,14,21,24H,13,32H2,(H,36,37)(H2,33,34,35)/t21-,24?/m0/s1. The molecule has 1 unspecified atom stereocenters. The Hall–Kier alpha value is -4.51. The second-order valence-electron chi connectivity index (χ2n) is 8.43. The lowest BCUT2D eigenvalue weighted by Crippen LogP contribution is -2.32. The van der Waals surface area contributed by atoms with Crippen LogP contribution in [0.4, 0.5) is 23.5 Å². The van der Waals surface area contributed by atoms with E-state index in [1.807, 2.05) is 0 Å². The number of carboxylic acid groups (broad SMARTS) is 1. The minimum atomic E-state index is -4.83. The molecule has 0 radical (unpaired) electrons. The highest BCUT2D eigenvalue weighted by molar-refractivity contribution is 5.73. The van der Waals surface area contributed by atoms with Crippen LogP contribution in [0.3, 0.4) is 0 Å².